The van der Waals surface area contributed by atoms with Crippen molar-refractivity contribution in [1.82, 2.24) is 24.5 Å². The van der Waals surface area contributed by atoms with Gasteiger partial charge in [-0.05, 0) is 31.4 Å². The summed E-state index contributed by atoms with van der Waals surface area (Å²) in [5.74, 6) is 0.300. The molecule has 2 aromatic heterocycles. The molecule has 0 radical (unpaired) electrons. The first-order valence-corrected chi connectivity index (χ1v) is 7.97. The van der Waals surface area contributed by atoms with Crippen LogP contribution in [0.4, 0.5) is 0 Å². The zero-order valence-corrected chi connectivity index (χ0v) is 12.9. The summed E-state index contributed by atoms with van der Waals surface area (Å²) >= 11 is 0. The molecule has 2 aromatic rings. The first kappa shape index (κ1) is 13.5. The van der Waals surface area contributed by atoms with Crippen molar-refractivity contribution < 1.29 is 4.79 Å². The van der Waals surface area contributed by atoms with Crippen molar-refractivity contribution in [3.8, 4) is 0 Å². The molecule has 6 heteroatoms. The zero-order chi connectivity index (χ0) is 15.2. The molecule has 22 heavy (non-hydrogen) atoms. The number of hydrogen-bond acceptors (Lipinski definition) is 3. The highest BCUT2D eigenvalue weighted by Gasteiger charge is 2.47. The smallest absolute Gasteiger partial charge is 0.228 e. The molecule has 0 spiro atoms. The van der Waals surface area contributed by atoms with Crippen molar-refractivity contribution in [3.63, 3.8) is 0 Å². The zero-order valence-electron chi connectivity index (χ0n) is 12.9. The molecule has 1 amide bonds. The third-order valence-corrected chi connectivity index (χ3v) is 4.86. The van der Waals surface area contributed by atoms with Gasteiger partial charge in [0, 0.05) is 30.9 Å². The van der Waals surface area contributed by atoms with E-state index in [-0.39, 0.29) is 5.41 Å². The van der Waals surface area contributed by atoms with Crippen LogP contribution in [0.3, 0.4) is 0 Å². The van der Waals surface area contributed by atoms with E-state index >= 15 is 0 Å². The maximum absolute atomic E-state index is 12.7. The Morgan fingerprint density at radius 2 is 2.05 bits per heavy atom. The first-order valence-electron chi connectivity index (χ1n) is 7.97. The van der Waals surface area contributed by atoms with Crippen molar-refractivity contribution >= 4 is 5.91 Å². The third kappa shape index (κ3) is 2.32. The van der Waals surface area contributed by atoms with Gasteiger partial charge in [-0.15, -0.1) is 5.10 Å². The fourth-order valence-electron chi connectivity index (χ4n) is 3.12. The molecule has 116 valence electrons. The molecule has 0 unspecified atom stereocenters. The monoisotopic (exact) mass is 299 g/mol. The lowest BCUT2D eigenvalue weighted by Gasteiger charge is -2.23. The Bertz CT molecular complexity index is 683. The molecule has 1 aliphatic heterocycles. The van der Waals surface area contributed by atoms with Crippen LogP contribution in [0.2, 0.25) is 0 Å². The Kier molecular flexibility index (Phi) is 3.06. The van der Waals surface area contributed by atoms with Crippen molar-refractivity contribution in [2.24, 2.45) is 5.41 Å². The fraction of sp³-hybridized carbons (Fsp3) is 0.562. The molecule has 0 N–H and O–H groups in total. The molecule has 1 saturated carbocycles. The van der Waals surface area contributed by atoms with Crippen LogP contribution in [-0.2, 0) is 24.4 Å². The number of aromatic nitrogens is 4. The van der Waals surface area contributed by atoms with Gasteiger partial charge in [-0.1, -0.05) is 12.1 Å². The van der Waals surface area contributed by atoms with Gasteiger partial charge in [0.05, 0.1) is 18.8 Å². The number of rotatable bonds is 3. The number of aryl methyl sites for hydroxylation is 1. The van der Waals surface area contributed by atoms with Gasteiger partial charge in [-0.2, -0.15) is 0 Å². The van der Waals surface area contributed by atoms with Crippen molar-refractivity contribution in [3.05, 3.63) is 35.9 Å². The minimum absolute atomic E-state index is 0.108. The average Bonchev–Trinajstić information content (AvgIpc) is 2.96. The quantitative estimate of drug-likeness (QED) is 0.866. The van der Waals surface area contributed by atoms with Crippen LogP contribution in [0.25, 0.3) is 0 Å². The Morgan fingerprint density at radius 3 is 2.77 bits per heavy atom. The number of nitrogens with zero attached hydrogens (tertiary/aromatic N) is 5. The Labute approximate surface area is 129 Å². The SMILES string of the molecule is CC1(C(=O)N2CCCn3nnc(Cn4cccc4)c3C2)CC1. The molecular weight excluding hydrogens is 278 g/mol. The topological polar surface area (TPSA) is 56.0 Å². The maximum atomic E-state index is 12.7. The summed E-state index contributed by atoms with van der Waals surface area (Å²) in [7, 11) is 0. The molecule has 4 rings (SSSR count). The van der Waals surface area contributed by atoms with E-state index < -0.39 is 0 Å². The summed E-state index contributed by atoms with van der Waals surface area (Å²) < 4.78 is 4.06. The molecule has 1 aliphatic carbocycles. The molecule has 2 aliphatic rings. The molecule has 6 nitrogen and oxygen atoms in total. The number of hydrogen-bond donors (Lipinski definition) is 0. The first-order chi connectivity index (χ1) is 10.7. The van der Waals surface area contributed by atoms with Crippen molar-refractivity contribution in [1.29, 1.82) is 0 Å². The minimum Gasteiger partial charge on any atom is -0.348 e. The van der Waals surface area contributed by atoms with Crippen LogP contribution < -0.4 is 0 Å². The molecule has 3 heterocycles. The van der Waals surface area contributed by atoms with Crippen LogP contribution in [0, 0.1) is 5.41 Å². The van der Waals surface area contributed by atoms with Gasteiger partial charge in [-0.25, -0.2) is 4.68 Å². The lowest BCUT2D eigenvalue weighted by molar-refractivity contribution is -0.137. The Morgan fingerprint density at radius 1 is 1.27 bits per heavy atom. The molecule has 0 saturated heterocycles. The van der Waals surface area contributed by atoms with Gasteiger partial charge >= 0.3 is 0 Å². The minimum atomic E-state index is -0.108. The summed E-state index contributed by atoms with van der Waals surface area (Å²) in [5, 5.41) is 8.62. The highest BCUT2D eigenvalue weighted by atomic mass is 16.2. The van der Waals surface area contributed by atoms with E-state index in [1.54, 1.807) is 0 Å². The third-order valence-electron chi connectivity index (χ3n) is 4.86. The van der Waals surface area contributed by atoms with E-state index in [1.165, 1.54) is 0 Å². The number of carbonyl (C=O) groups is 1. The van der Waals surface area contributed by atoms with Crippen molar-refractivity contribution in [2.45, 2.75) is 45.8 Å². The summed E-state index contributed by atoms with van der Waals surface area (Å²) in [6.45, 7) is 5.09. The van der Waals surface area contributed by atoms with E-state index in [0.717, 1.165) is 43.7 Å². The normalized spacial score (nSPS) is 19.6. The van der Waals surface area contributed by atoms with E-state index in [1.807, 2.05) is 34.1 Å². The van der Waals surface area contributed by atoms with Gasteiger partial charge < -0.3 is 9.47 Å². The van der Waals surface area contributed by atoms with Gasteiger partial charge in [0.2, 0.25) is 5.91 Å². The van der Waals surface area contributed by atoms with Crippen LogP contribution >= 0.6 is 0 Å². The highest BCUT2D eigenvalue weighted by molar-refractivity contribution is 5.84. The largest absolute Gasteiger partial charge is 0.348 e. The van der Waals surface area contributed by atoms with Crippen LogP contribution in [0.5, 0.6) is 0 Å². The number of fused-ring (bicyclic) bond motifs is 1. The summed E-state index contributed by atoms with van der Waals surface area (Å²) in [6, 6.07) is 4.01. The van der Waals surface area contributed by atoms with Crippen molar-refractivity contribution in [2.75, 3.05) is 6.54 Å². The standard InChI is InChI=1S/C16H21N5O/c1-16(5-6-16)15(22)20-9-4-10-21-14(12-20)13(17-18-21)11-19-7-2-3-8-19/h2-3,7-8H,4-6,9-12H2,1H3. The summed E-state index contributed by atoms with van der Waals surface area (Å²) in [6.07, 6.45) is 7.04. The van der Waals surface area contributed by atoms with Crippen LogP contribution in [0.15, 0.2) is 24.5 Å². The number of carbonyl (C=O) groups excluding carboxylic acids is 1. The predicted molar refractivity (Wildman–Crippen MR) is 80.9 cm³/mol. The summed E-state index contributed by atoms with van der Waals surface area (Å²) in [4.78, 5) is 14.7. The van der Waals surface area contributed by atoms with Crippen LogP contribution in [-0.4, -0.2) is 36.9 Å². The summed E-state index contributed by atoms with van der Waals surface area (Å²) in [5.41, 5.74) is 1.95. The van der Waals surface area contributed by atoms with E-state index in [0.29, 0.717) is 19.0 Å². The number of amides is 1. The van der Waals surface area contributed by atoms with Gasteiger partial charge in [0.1, 0.15) is 5.69 Å². The van der Waals surface area contributed by atoms with E-state index in [9.17, 15) is 4.79 Å². The van der Waals surface area contributed by atoms with Gasteiger partial charge in [-0.3, -0.25) is 4.79 Å². The Balaban J connectivity index is 1.59. The van der Waals surface area contributed by atoms with Crippen LogP contribution in [0.1, 0.15) is 37.6 Å². The highest BCUT2D eigenvalue weighted by Crippen LogP contribution is 2.46. The molecular formula is C16H21N5O. The molecule has 1 fully saturated rings. The molecule has 0 aromatic carbocycles. The fourth-order valence-corrected chi connectivity index (χ4v) is 3.12. The van der Waals surface area contributed by atoms with E-state index in [2.05, 4.69) is 21.8 Å². The van der Waals surface area contributed by atoms with Gasteiger partial charge in [0.15, 0.2) is 0 Å². The molecule has 0 bridgehead atoms. The van der Waals surface area contributed by atoms with E-state index in [4.69, 9.17) is 0 Å². The second-order valence-electron chi connectivity index (χ2n) is 6.70. The Hall–Kier alpha value is -2.11. The lowest BCUT2D eigenvalue weighted by Crippen LogP contribution is -2.36. The maximum Gasteiger partial charge on any atom is 0.228 e. The lowest BCUT2D eigenvalue weighted by atomic mass is 10.1. The second kappa shape index (κ2) is 4.97. The average molecular weight is 299 g/mol. The van der Waals surface area contributed by atoms with Gasteiger partial charge in [0.25, 0.3) is 0 Å². The molecule has 0 atom stereocenters. The second-order valence-corrected chi connectivity index (χ2v) is 6.70. The predicted octanol–water partition coefficient (Wildman–Crippen LogP) is 1.66.